The van der Waals surface area contributed by atoms with E-state index in [1.54, 1.807) is 12.1 Å². The topological polar surface area (TPSA) is 64.6 Å². The Morgan fingerprint density at radius 2 is 1.75 bits per heavy atom. The summed E-state index contributed by atoms with van der Waals surface area (Å²) in [6, 6.07) is 3.20. The molecule has 82 valence electrons. The van der Waals surface area contributed by atoms with Crippen LogP contribution in [0.2, 0.25) is 0 Å². The van der Waals surface area contributed by atoms with Crippen molar-refractivity contribution >= 4 is 17.4 Å². The van der Waals surface area contributed by atoms with Gasteiger partial charge < -0.3 is 14.8 Å². The van der Waals surface area contributed by atoms with Crippen molar-refractivity contribution in [3.8, 4) is 11.5 Å². The van der Waals surface area contributed by atoms with E-state index in [0.29, 0.717) is 36.0 Å². The van der Waals surface area contributed by atoms with Crippen molar-refractivity contribution in [1.82, 2.24) is 0 Å². The molecule has 16 heavy (non-hydrogen) atoms. The minimum Gasteiger partial charge on any atom is -0.490 e. The fourth-order valence-corrected chi connectivity index (χ4v) is 1.80. The molecule has 0 saturated heterocycles. The number of carbonyl (C=O) groups is 2. The molecule has 1 amide bonds. The molecule has 0 aromatic heterocycles. The Bertz CT molecular complexity index is 495. The van der Waals surface area contributed by atoms with Crippen molar-refractivity contribution in [1.29, 1.82) is 0 Å². The Morgan fingerprint density at radius 3 is 2.50 bits per heavy atom. The zero-order valence-electron chi connectivity index (χ0n) is 8.41. The van der Waals surface area contributed by atoms with Crippen LogP contribution in [0.1, 0.15) is 16.8 Å². The van der Waals surface area contributed by atoms with E-state index in [4.69, 9.17) is 9.47 Å². The second-order valence-corrected chi connectivity index (χ2v) is 3.68. The monoisotopic (exact) mass is 219 g/mol. The third-order valence-corrected chi connectivity index (χ3v) is 2.59. The number of ketones is 1. The Labute approximate surface area is 91.3 Å². The van der Waals surface area contributed by atoms with Gasteiger partial charge in [0.2, 0.25) is 0 Å². The molecule has 1 N–H and O–H groups in total. The van der Waals surface area contributed by atoms with Crippen LogP contribution in [0.25, 0.3) is 0 Å². The third-order valence-electron chi connectivity index (χ3n) is 2.59. The van der Waals surface area contributed by atoms with Crippen molar-refractivity contribution < 1.29 is 19.1 Å². The van der Waals surface area contributed by atoms with E-state index in [9.17, 15) is 9.59 Å². The number of fused-ring (bicyclic) bond motifs is 2. The van der Waals surface area contributed by atoms with Crippen LogP contribution in [0.5, 0.6) is 11.5 Å². The molecule has 0 aliphatic carbocycles. The number of hydrogen-bond donors (Lipinski definition) is 1. The van der Waals surface area contributed by atoms with E-state index in [2.05, 4.69) is 5.32 Å². The van der Waals surface area contributed by atoms with Crippen molar-refractivity contribution in [2.24, 2.45) is 0 Å². The number of amides is 1. The summed E-state index contributed by atoms with van der Waals surface area (Å²) >= 11 is 0. The van der Waals surface area contributed by atoms with Gasteiger partial charge in [-0.25, -0.2) is 0 Å². The Hall–Kier alpha value is -2.04. The zero-order chi connectivity index (χ0) is 11.1. The summed E-state index contributed by atoms with van der Waals surface area (Å²) in [6.07, 6.45) is 0.805. The summed E-state index contributed by atoms with van der Waals surface area (Å²) in [6.45, 7) is 1.13. The fraction of sp³-hybridized carbons (Fsp3) is 0.273. The van der Waals surface area contributed by atoms with Gasteiger partial charge in [0.05, 0.1) is 24.5 Å². The molecule has 0 unspecified atom stereocenters. The number of anilines is 1. The van der Waals surface area contributed by atoms with Crippen LogP contribution >= 0.6 is 0 Å². The normalized spacial score (nSPS) is 17.8. The minimum absolute atomic E-state index is 0.356. The lowest BCUT2D eigenvalue weighted by molar-refractivity contribution is -0.112. The minimum atomic E-state index is -0.602. The van der Waals surface area contributed by atoms with Gasteiger partial charge >= 0.3 is 0 Å². The van der Waals surface area contributed by atoms with Crippen LogP contribution in [0.3, 0.4) is 0 Å². The predicted octanol–water partition coefficient (Wildman–Crippen LogP) is 0.983. The highest BCUT2D eigenvalue weighted by Crippen LogP contribution is 2.37. The first-order valence-electron chi connectivity index (χ1n) is 5.05. The average Bonchev–Trinajstić information content (AvgIpc) is 2.48. The number of ether oxygens (including phenoxy) is 2. The van der Waals surface area contributed by atoms with E-state index in [-0.39, 0.29) is 0 Å². The van der Waals surface area contributed by atoms with Crippen LogP contribution in [0, 0.1) is 0 Å². The van der Waals surface area contributed by atoms with Crippen molar-refractivity contribution in [3.05, 3.63) is 17.7 Å². The highest BCUT2D eigenvalue weighted by molar-refractivity contribution is 6.51. The molecule has 2 aliphatic heterocycles. The molecule has 3 rings (SSSR count). The lowest BCUT2D eigenvalue weighted by atomic mass is 10.1. The van der Waals surface area contributed by atoms with Crippen LogP contribution in [-0.4, -0.2) is 24.9 Å². The van der Waals surface area contributed by atoms with E-state index in [1.807, 2.05) is 0 Å². The number of rotatable bonds is 0. The molecule has 0 radical (unpaired) electrons. The Kier molecular flexibility index (Phi) is 1.86. The van der Waals surface area contributed by atoms with Gasteiger partial charge in [0.15, 0.2) is 11.5 Å². The quantitative estimate of drug-likeness (QED) is 0.660. The molecule has 0 atom stereocenters. The molecule has 1 aromatic rings. The lowest BCUT2D eigenvalue weighted by Crippen LogP contribution is -2.12. The van der Waals surface area contributed by atoms with Gasteiger partial charge in [-0.05, 0) is 6.07 Å². The van der Waals surface area contributed by atoms with Gasteiger partial charge in [-0.2, -0.15) is 0 Å². The highest BCUT2D eigenvalue weighted by Gasteiger charge is 2.30. The molecule has 1 aromatic carbocycles. The maximum Gasteiger partial charge on any atom is 0.296 e. The fourth-order valence-electron chi connectivity index (χ4n) is 1.80. The van der Waals surface area contributed by atoms with Crippen LogP contribution < -0.4 is 14.8 Å². The molecule has 0 spiro atoms. The summed E-state index contributed by atoms with van der Waals surface area (Å²) in [5.41, 5.74) is 0.855. The van der Waals surface area contributed by atoms with E-state index < -0.39 is 11.7 Å². The predicted molar refractivity (Wildman–Crippen MR) is 55.0 cm³/mol. The molecule has 0 fully saturated rings. The van der Waals surface area contributed by atoms with E-state index >= 15 is 0 Å². The first-order valence-corrected chi connectivity index (χ1v) is 5.05. The number of nitrogens with one attached hydrogen (secondary N) is 1. The first-order chi connectivity index (χ1) is 7.75. The zero-order valence-corrected chi connectivity index (χ0v) is 8.41. The van der Waals surface area contributed by atoms with Crippen LogP contribution in [-0.2, 0) is 4.79 Å². The maximum absolute atomic E-state index is 11.5. The number of carbonyl (C=O) groups excluding carboxylic acids is 2. The molecule has 2 aliphatic rings. The Morgan fingerprint density at radius 1 is 1.06 bits per heavy atom. The maximum atomic E-state index is 11.5. The summed E-state index contributed by atoms with van der Waals surface area (Å²) in [4.78, 5) is 22.6. The standard InChI is InChI=1S/C11H9NO4/c13-10-6-4-8-9(16-3-1-2-15-8)5-7(6)12-11(10)14/h4-5H,1-3H2,(H,12,13,14). The van der Waals surface area contributed by atoms with Gasteiger partial charge in [0, 0.05) is 12.5 Å². The van der Waals surface area contributed by atoms with Crippen LogP contribution in [0.15, 0.2) is 12.1 Å². The smallest absolute Gasteiger partial charge is 0.296 e. The number of Topliss-reactive ketones (excluding diaryl/α,β-unsaturated/α-hetero) is 1. The SMILES string of the molecule is O=C1Nc2cc3c(cc2C1=O)OCCCO3. The van der Waals surface area contributed by atoms with Gasteiger partial charge in [-0.3, -0.25) is 9.59 Å². The van der Waals surface area contributed by atoms with Crippen molar-refractivity contribution in [3.63, 3.8) is 0 Å². The van der Waals surface area contributed by atoms with E-state index in [0.717, 1.165) is 6.42 Å². The summed E-state index contributed by atoms with van der Waals surface area (Å²) in [7, 11) is 0. The first kappa shape index (κ1) is 9.21. The van der Waals surface area contributed by atoms with Crippen LogP contribution in [0.4, 0.5) is 5.69 Å². The summed E-state index contributed by atoms with van der Waals surface area (Å²) in [5, 5.41) is 2.49. The number of hydrogen-bond acceptors (Lipinski definition) is 4. The summed E-state index contributed by atoms with van der Waals surface area (Å²) in [5.74, 6) is -0.0202. The van der Waals surface area contributed by atoms with Crippen molar-refractivity contribution in [2.45, 2.75) is 6.42 Å². The van der Waals surface area contributed by atoms with E-state index in [1.165, 1.54) is 0 Å². The Balaban J connectivity index is 2.11. The summed E-state index contributed by atoms with van der Waals surface area (Å²) < 4.78 is 10.9. The third kappa shape index (κ3) is 1.25. The molecule has 5 nitrogen and oxygen atoms in total. The second kappa shape index (κ2) is 3.23. The van der Waals surface area contributed by atoms with Gasteiger partial charge in [0.1, 0.15) is 0 Å². The largest absolute Gasteiger partial charge is 0.490 e. The molecule has 0 bridgehead atoms. The molecule has 2 heterocycles. The van der Waals surface area contributed by atoms with Crippen molar-refractivity contribution in [2.75, 3.05) is 18.5 Å². The van der Waals surface area contributed by atoms with Gasteiger partial charge in [0.25, 0.3) is 11.7 Å². The average molecular weight is 219 g/mol. The molecule has 5 heteroatoms. The van der Waals surface area contributed by atoms with Gasteiger partial charge in [-0.15, -0.1) is 0 Å². The number of benzene rings is 1. The highest BCUT2D eigenvalue weighted by atomic mass is 16.5. The van der Waals surface area contributed by atoms with Gasteiger partial charge in [-0.1, -0.05) is 0 Å². The second-order valence-electron chi connectivity index (χ2n) is 3.68. The molecular formula is C11H9NO4. The molecule has 0 saturated carbocycles. The molecular weight excluding hydrogens is 210 g/mol. The lowest BCUT2D eigenvalue weighted by Gasteiger charge is -2.08.